The third-order valence-corrected chi connectivity index (χ3v) is 10.3. The van der Waals surface area contributed by atoms with E-state index in [9.17, 15) is 22.8 Å². The maximum absolute atomic E-state index is 13.2. The lowest BCUT2D eigenvalue weighted by molar-refractivity contribution is -0.137. The summed E-state index contributed by atoms with van der Waals surface area (Å²) < 4.78 is 27.5. The second-order valence-electron chi connectivity index (χ2n) is 10.4. The summed E-state index contributed by atoms with van der Waals surface area (Å²) in [6.07, 6.45) is 4.34. The van der Waals surface area contributed by atoms with Gasteiger partial charge in [0.2, 0.25) is 15.9 Å². The van der Waals surface area contributed by atoms with Gasteiger partial charge in [0.15, 0.2) is 5.78 Å². The number of hydrogen-bond acceptors (Lipinski definition) is 7. The number of thiophene rings is 1. The molecule has 4 heterocycles. The predicted molar refractivity (Wildman–Crippen MR) is 153 cm³/mol. The van der Waals surface area contributed by atoms with Gasteiger partial charge in [0, 0.05) is 42.3 Å². The summed E-state index contributed by atoms with van der Waals surface area (Å²) in [4.78, 5) is 45.3. The summed E-state index contributed by atoms with van der Waals surface area (Å²) in [5.41, 5.74) is 2.20. The van der Waals surface area contributed by atoms with Crippen molar-refractivity contribution in [1.29, 1.82) is 0 Å². The van der Waals surface area contributed by atoms with E-state index in [1.54, 1.807) is 46.7 Å². The molecule has 9 nitrogen and oxygen atoms in total. The normalized spacial score (nSPS) is 19.9. The Hall–Kier alpha value is -3.41. The minimum Gasteiger partial charge on any atom is -0.352 e. The molecule has 2 aliphatic rings. The largest absolute Gasteiger partial charge is 0.352 e. The van der Waals surface area contributed by atoms with E-state index in [1.165, 1.54) is 10.5 Å². The van der Waals surface area contributed by atoms with Crippen LogP contribution in [0.2, 0.25) is 0 Å². The van der Waals surface area contributed by atoms with Crippen molar-refractivity contribution in [3.8, 4) is 10.4 Å². The number of pyridine rings is 1. The smallest absolute Gasteiger partial charge is 0.251 e. The number of amides is 2. The third-order valence-electron chi connectivity index (χ3n) is 7.53. The maximum atomic E-state index is 13.2. The molecule has 0 aliphatic carbocycles. The number of benzene rings is 1. The fraction of sp³-hybridized carbons (Fsp3) is 0.379. The molecule has 0 spiro atoms. The lowest BCUT2D eigenvalue weighted by Gasteiger charge is -2.25. The Morgan fingerprint density at radius 1 is 1.15 bits per heavy atom. The van der Waals surface area contributed by atoms with Crippen LogP contribution in [0, 0.1) is 5.92 Å². The molecule has 3 unspecified atom stereocenters. The Kier molecular flexibility index (Phi) is 8.43. The first kappa shape index (κ1) is 28.1. The van der Waals surface area contributed by atoms with Crippen molar-refractivity contribution in [3.05, 3.63) is 77.4 Å². The molecule has 2 aliphatic heterocycles. The zero-order chi connectivity index (χ0) is 28.3. The van der Waals surface area contributed by atoms with Crippen LogP contribution in [0.4, 0.5) is 0 Å². The van der Waals surface area contributed by atoms with Crippen LogP contribution in [0.3, 0.4) is 0 Å². The van der Waals surface area contributed by atoms with Crippen molar-refractivity contribution < 1.29 is 22.8 Å². The Labute approximate surface area is 238 Å². The second-order valence-corrected chi connectivity index (χ2v) is 13.3. The number of sulfonamides is 1. The quantitative estimate of drug-likeness (QED) is 0.393. The number of Topliss-reactive ketones (excluding diaryl/α,β-unsaturated/α-hetero) is 1. The van der Waals surface area contributed by atoms with E-state index in [1.807, 2.05) is 36.6 Å². The average Bonchev–Trinajstić information content (AvgIpc) is 3.68. The van der Waals surface area contributed by atoms with Gasteiger partial charge in [-0.3, -0.25) is 19.4 Å². The standard InChI is InChI=1S/C29H32N4O5S2/c1-20(10-13-31-29(36)23-8-6-22(7-9-23)26-5-3-15-39-26)16-27(35)32-14-11-24-28(32)25(34)18-33(24)40(37,38)19-21-4-2-12-30-17-21/h2-9,12,15,17,20,24,28H,10-11,13-14,16,18-19H2,1H3,(H,31,36). The van der Waals surface area contributed by atoms with Crippen molar-refractivity contribution >= 4 is 39.0 Å². The molecule has 2 aromatic heterocycles. The lowest BCUT2D eigenvalue weighted by atomic mass is 10.0. The molecule has 0 bridgehead atoms. The van der Waals surface area contributed by atoms with Crippen LogP contribution in [0.25, 0.3) is 10.4 Å². The number of nitrogens with one attached hydrogen (secondary N) is 1. The van der Waals surface area contributed by atoms with Crippen molar-refractivity contribution in [1.82, 2.24) is 19.5 Å². The van der Waals surface area contributed by atoms with Crippen LogP contribution in [0.5, 0.6) is 0 Å². The van der Waals surface area contributed by atoms with E-state index in [-0.39, 0.29) is 42.2 Å². The number of fused-ring (bicyclic) bond motifs is 1. The Balaban J connectivity index is 1.10. The van der Waals surface area contributed by atoms with Gasteiger partial charge in [-0.1, -0.05) is 31.2 Å². The summed E-state index contributed by atoms with van der Waals surface area (Å²) >= 11 is 1.65. The van der Waals surface area contributed by atoms with Gasteiger partial charge in [-0.15, -0.1) is 11.3 Å². The van der Waals surface area contributed by atoms with E-state index >= 15 is 0 Å². The molecule has 3 atom stereocenters. The highest BCUT2D eigenvalue weighted by Crippen LogP contribution is 2.33. The molecule has 2 amide bonds. The molecule has 2 fully saturated rings. The summed E-state index contributed by atoms with van der Waals surface area (Å²) in [5, 5.41) is 4.93. The molecule has 3 aromatic rings. The molecule has 0 radical (unpaired) electrons. The summed E-state index contributed by atoms with van der Waals surface area (Å²) in [5.74, 6) is -0.809. The topological polar surface area (TPSA) is 117 Å². The summed E-state index contributed by atoms with van der Waals surface area (Å²) in [7, 11) is -3.73. The highest BCUT2D eigenvalue weighted by Gasteiger charge is 2.53. The Bertz CT molecular complexity index is 1460. The van der Waals surface area contributed by atoms with Gasteiger partial charge in [-0.2, -0.15) is 4.31 Å². The van der Waals surface area contributed by atoms with Gasteiger partial charge in [0.05, 0.1) is 18.3 Å². The molecule has 2 saturated heterocycles. The van der Waals surface area contributed by atoms with E-state index in [0.29, 0.717) is 37.1 Å². The first-order chi connectivity index (χ1) is 19.2. The molecule has 5 rings (SSSR count). The van der Waals surface area contributed by atoms with Crippen molar-refractivity contribution in [2.45, 2.75) is 44.0 Å². The fourth-order valence-corrected chi connectivity index (χ4v) is 7.92. The predicted octanol–water partition coefficient (Wildman–Crippen LogP) is 3.34. The molecule has 0 saturated carbocycles. The van der Waals surface area contributed by atoms with E-state index in [0.717, 1.165) is 10.4 Å². The van der Waals surface area contributed by atoms with E-state index in [2.05, 4.69) is 10.3 Å². The van der Waals surface area contributed by atoms with Gasteiger partial charge in [-0.05, 0) is 59.5 Å². The molecule has 40 heavy (non-hydrogen) atoms. The fourth-order valence-electron chi connectivity index (χ4n) is 5.47. The van der Waals surface area contributed by atoms with Crippen LogP contribution in [0.1, 0.15) is 42.1 Å². The number of aromatic nitrogens is 1. The zero-order valence-corrected chi connectivity index (χ0v) is 23.9. The van der Waals surface area contributed by atoms with E-state index in [4.69, 9.17) is 0 Å². The van der Waals surface area contributed by atoms with Gasteiger partial charge in [-0.25, -0.2) is 8.42 Å². The lowest BCUT2D eigenvalue weighted by Crippen LogP contribution is -2.44. The first-order valence-electron chi connectivity index (χ1n) is 13.4. The number of likely N-dealkylation sites (tertiary alicyclic amines) is 1. The number of carbonyl (C=O) groups excluding carboxylic acids is 3. The Morgan fingerprint density at radius 3 is 2.65 bits per heavy atom. The van der Waals surface area contributed by atoms with Gasteiger partial charge in [0.25, 0.3) is 5.91 Å². The minimum atomic E-state index is -3.73. The van der Waals surface area contributed by atoms with Crippen LogP contribution >= 0.6 is 11.3 Å². The maximum Gasteiger partial charge on any atom is 0.251 e. The molecule has 210 valence electrons. The van der Waals surface area contributed by atoms with Crippen LogP contribution < -0.4 is 5.32 Å². The number of ketones is 1. The zero-order valence-electron chi connectivity index (χ0n) is 22.2. The van der Waals surface area contributed by atoms with Gasteiger partial charge in [0.1, 0.15) is 6.04 Å². The number of carbonyl (C=O) groups is 3. The molecule has 1 N–H and O–H groups in total. The first-order valence-corrected chi connectivity index (χ1v) is 15.8. The summed E-state index contributed by atoms with van der Waals surface area (Å²) in [6.45, 7) is 2.50. The molecule has 1 aromatic carbocycles. The number of rotatable bonds is 10. The second kappa shape index (κ2) is 12.0. The Morgan fingerprint density at radius 2 is 1.95 bits per heavy atom. The van der Waals surface area contributed by atoms with Crippen molar-refractivity contribution in [2.24, 2.45) is 5.92 Å². The van der Waals surface area contributed by atoms with Crippen LogP contribution in [-0.4, -0.2) is 71.9 Å². The number of nitrogens with zero attached hydrogens (tertiary/aromatic N) is 3. The molecular weight excluding hydrogens is 548 g/mol. The van der Waals surface area contributed by atoms with E-state index < -0.39 is 22.1 Å². The molecule has 11 heteroatoms. The number of hydrogen-bond donors (Lipinski definition) is 1. The average molecular weight is 581 g/mol. The molecular formula is C29H32N4O5S2. The van der Waals surface area contributed by atoms with Gasteiger partial charge >= 0.3 is 0 Å². The highest BCUT2D eigenvalue weighted by molar-refractivity contribution is 7.88. The highest BCUT2D eigenvalue weighted by atomic mass is 32.2. The van der Waals surface area contributed by atoms with Crippen molar-refractivity contribution in [2.75, 3.05) is 19.6 Å². The summed E-state index contributed by atoms with van der Waals surface area (Å²) in [6, 6.07) is 13.6. The van der Waals surface area contributed by atoms with Gasteiger partial charge < -0.3 is 10.2 Å². The minimum absolute atomic E-state index is 0.0185. The third kappa shape index (κ3) is 6.16. The monoisotopic (exact) mass is 580 g/mol. The SMILES string of the molecule is CC(CCNC(=O)c1ccc(-c2cccs2)cc1)CC(=O)N1CCC2C1C(=O)CN2S(=O)(=O)Cc1cccnc1. The van der Waals surface area contributed by atoms with Crippen LogP contribution in [-0.2, 0) is 25.4 Å². The van der Waals surface area contributed by atoms with Crippen LogP contribution in [0.15, 0.2) is 66.3 Å². The van der Waals surface area contributed by atoms with Crippen molar-refractivity contribution in [3.63, 3.8) is 0 Å².